The van der Waals surface area contributed by atoms with Crippen molar-refractivity contribution in [3.8, 4) is 23.3 Å². The number of hydrogen-bond acceptors (Lipinski definition) is 7. The summed E-state index contributed by atoms with van der Waals surface area (Å²) in [4.78, 5) is 24.0. The second-order valence-corrected chi connectivity index (χ2v) is 8.34. The molecular formula is C26H20ClF3N2O6. The van der Waals surface area contributed by atoms with Gasteiger partial charge in [-0.2, -0.15) is 18.4 Å². The molecule has 0 aliphatic carbocycles. The predicted molar refractivity (Wildman–Crippen MR) is 130 cm³/mol. The molecule has 0 heterocycles. The molecule has 0 N–H and O–H groups in total. The van der Waals surface area contributed by atoms with Crippen molar-refractivity contribution >= 4 is 23.1 Å². The number of ether oxygens (including phenoxy) is 3. The van der Waals surface area contributed by atoms with Crippen LogP contribution in [0.1, 0.15) is 30.0 Å². The van der Waals surface area contributed by atoms with Gasteiger partial charge in [-0.3, -0.25) is 14.9 Å². The summed E-state index contributed by atoms with van der Waals surface area (Å²) in [5, 5.41) is 21.5. The van der Waals surface area contributed by atoms with Crippen LogP contribution in [0.5, 0.6) is 17.2 Å². The number of nitriles is 1. The molecule has 3 rings (SSSR count). The van der Waals surface area contributed by atoms with Gasteiger partial charge in [-0.05, 0) is 35.9 Å². The molecule has 0 spiro atoms. The summed E-state index contributed by atoms with van der Waals surface area (Å²) in [5.41, 5.74) is -3.07. The molecule has 0 radical (unpaired) electrons. The molecule has 0 saturated heterocycles. The van der Waals surface area contributed by atoms with E-state index in [4.69, 9.17) is 25.8 Å². The quantitative estimate of drug-likeness (QED) is 0.198. The van der Waals surface area contributed by atoms with Crippen molar-refractivity contribution in [1.29, 1.82) is 5.26 Å². The van der Waals surface area contributed by atoms with Gasteiger partial charge in [0, 0.05) is 31.2 Å². The highest BCUT2D eigenvalue weighted by molar-refractivity contribution is 6.32. The smallest absolute Gasteiger partial charge is 0.416 e. The van der Waals surface area contributed by atoms with Crippen LogP contribution in [-0.2, 0) is 27.9 Å². The van der Waals surface area contributed by atoms with Crippen molar-refractivity contribution in [3.63, 3.8) is 0 Å². The van der Waals surface area contributed by atoms with E-state index in [1.54, 1.807) is 12.1 Å². The lowest BCUT2D eigenvalue weighted by Crippen LogP contribution is -2.40. The number of rotatable bonds is 10. The van der Waals surface area contributed by atoms with Gasteiger partial charge in [0.05, 0.1) is 22.1 Å². The van der Waals surface area contributed by atoms with Crippen molar-refractivity contribution in [2.24, 2.45) is 0 Å². The van der Waals surface area contributed by atoms with Crippen molar-refractivity contribution in [2.75, 3.05) is 7.11 Å². The molecule has 0 bridgehead atoms. The van der Waals surface area contributed by atoms with Crippen LogP contribution in [0.2, 0.25) is 5.02 Å². The summed E-state index contributed by atoms with van der Waals surface area (Å²) >= 11 is 5.95. The van der Waals surface area contributed by atoms with E-state index in [0.717, 1.165) is 24.3 Å². The van der Waals surface area contributed by atoms with E-state index >= 15 is 0 Å². The number of nitro groups is 1. The zero-order valence-corrected chi connectivity index (χ0v) is 20.8. The van der Waals surface area contributed by atoms with Gasteiger partial charge in [-0.15, -0.1) is 0 Å². The van der Waals surface area contributed by atoms with Crippen LogP contribution >= 0.6 is 11.6 Å². The SMILES string of the molecule is CCC(=O)C(C#N)(Oc1cc(Oc2ccc(C(F)(F)F)cc2Cl)ccc1[N+](=O)[O-])c1cccc(COC)c1. The molecule has 3 aromatic carbocycles. The molecule has 38 heavy (non-hydrogen) atoms. The van der Waals surface area contributed by atoms with Crippen LogP contribution in [0.15, 0.2) is 60.7 Å². The fourth-order valence-electron chi connectivity index (χ4n) is 3.56. The normalized spacial score (nSPS) is 12.8. The first-order chi connectivity index (χ1) is 17.9. The maximum atomic E-state index is 13.1. The number of benzene rings is 3. The summed E-state index contributed by atoms with van der Waals surface area (Å²) in [6.07, 6.45) is -4.75. The Labute approximate surface area is 220 Å². The van der Waals surface area contributed by atoms with Gasteiger partial charge in [0.25, 0.3) is 5.60 Å². The zero-order valence-electron chi connectivity index (χ0n) is 20.0. The van der Waals surface area contributed by atoms with Crippen molar-refractivity contribution in [3.05, 3.63) is 92.5 Å². The number of carbonyl (C=O) groups excluding carboxylic acids is 1. The third-order valence-electron chi connectivity index (χ3n) is 5.39. The molecule has 12 heteroatoms. The number of nitrogens with zero attached hydrogens (tertiary/aromatic N) is 2. The Morgan fingerprint density at radius 2 is 1.82 bits per heavy atom. The number of halogens is 4. The average Bonchev–Trinajstić information content (AvgIpc) is 2.87. The summed E-state index contributed by atoms with van der Waals surface area (Å²) < 4.78 is 55.4. The van der Waals surface area contributed by atoms with Crippen molar-refractivity contribution in [2.45, 2.75) is 31.7 Å². The topological polar surface area (TPSA) is 112 Å². The highest BCUT2D eigenvalue weighted by atomic mass is 35.5. The zero-order chi connectivity index (χ0) is 28.1. The van der Waals surface area contributed by atoms with E-state index in [1.807, 2.05) is 6.07 Å². The summed E-state index contributed by atoms with van der Waals surface area (Å²) in [7, 11) is 1.47. The molecular weight excluding hydrogens is 529 g/mol. The molecule has 0 aliphatic rings. The van der Waals surface area contributed by atoms with Gasteiger partial charge in [-0.25, -0.2) is 0 Å². The Morgan fingerprint density at radius 1 is 1.08 bits per heavy atom. The second-order valence-electron chi connectivity index (χ2n) is 7.94. The highest BCUT2D eigenvalue weighted by Gasteiger charge is 2.44. The van der Waals surface area contributed by atoms with E-state index in [1.165, 1.54) is 32.2 Å². The minimum absolute atomic E-state index is 0.101. The Kier molecular flexibility index (Phi) is 8.60. The van der Waals surface area contributed by atoms with Gasteiger partial charge < -0.3 is 14.2 Å². The van der Waals surface area contributed by atoms with Gasteiger partial charge in [0.1, 0.15) is 17.6 Å². The molecule has 198 valence electrons. The van der Waals surface area contributed by atoms with Gasteiger partial charge in [0.15, 0.2) is 5.78 Å². The van der Waals surface area contributed by atoms with Crippen LogP contribution in [0.4, 0.5) is 18.9 Å². The lowest BCUT2D eigenvalue weighted by atomic mass is 9.88. The third-order valence-corrected chi connectivity index (χ3v) is 5.69. The third kappa shape index (κ3) is 6.04. The number of nitro benzene ring substituents is 1. The fraction of sp³-hybridized carbons (Fsp3) is 0.231. The lowest BCUT2D eigenvalue weighted by molar-refractivity contribution is -0.386. The van der Waals surface area contributed by atoms with E-state index < -0.39 is 39.5 Å². The summed E-state index contributed by atoms with van der Waals surface area (Å²) in [5.74, 6) is -1.41. The minimum Gasteiger partial charge on any atom is -0.456 e. The fourth-order valence-corrected chi connectivity index (χ4v) is 3.78. The number of ketones is 1. The first-order valence-corrected chi connectivity index (χ1v) is 11.4. The summed E-state index contributed by atoms with van der Waals surface area (Å²) in [6.45, 7) is 1.68. The minimum atomic E-state index is -4.62. The van der Waals surface area contributed by atoms with E-state index in [9.17, 15) is 33.3 Å². The largest absolute Gasteiger partial charge is 0.456 e. The maximum absolute atomic E-state index is 13.1. The number of Topliss-reactive ketones (excluding diaryl/α,β-unsaturated/α-hetero) is 1. The van der Waals surface area contributed by atoms with Gasteiger partial charge in [-0.1, -0.05) is 36.7 Å². The van der Waals surface area contributed by atoms with Crippen molar-refractivity contribution in [1.82, 2.24) is 0 Å². The molecule has 1 unspecified atom stereocenters. The highest BCUT2D eigenvalue weighted by Crippen LogP contribution is 2.41. The number of hydrogen-bond donors (Lipinski definition) is 0. The Morgan fingerprint density at radius 3 is 2.39 bits per heavy atom. The average molecular weight is 549 g/mol. The van der Waals surface area contributed by atoms with E-state index in [2.05, 4.69) is 0 Å². The van der Waals surface area contributed by atoms with Crippen LogP contribution in [-0.4, -0.2) is 17.8 Å². The molecule has 1 atom stereocenters. The number of alkyl halides is 3. The lowest BCUT2D eigenvalue weighted by Gasteiger charge is -2.27. The number of methoxy groups -OCH3 is 1. The molecule has 0 aliphatic heterocycles. The Bertz CT molecular complexity index is 1410. The van der Waals surface area contributed by atoms with E-state index in [-0.39, 0.29) is 35.1 Å². The molecule has 8 nitrogen and oxygen atoms in total. The second kappa shape index (κ2) is 11.5. The Balaban J connectivity index is 2.09. The van der Waals surface area contributed by atoms with Crippen molar-refractivity contribution < 1.29 is 37.1 Å². The first-order valence-electron chi connectivity index (χ1n) is 11.0. The van der Waals surface area contributed by atoms with Crippen LogP contribution in [0, 0.1) is 21.4 Å². The van der Waals surface area contributed by atoms with Gasteiger partial charge >= 0.3 is 11.9 Å². The predicted octanol–water partition coefficient (Wildman–Crippen LogP) is 6.98. The number of carbonyl (C=O) groups is 1. The van der Waals surface area contributed by atoms with Crippen LogP contribution in [0.25, 0.3) is 0 Å². The van der Waals surface area contributed by atoms with E-state index in [0.29, 0.717) is 11.6 Å². The first kappa shape index (κ1) is 28.4. The summed E-state index contributed by atoms with van der Waals surface area (Å²) in [6, 6.07) is 13.8. The molecule has 3 aromatic rings. The van der Waals surface area contributed by atoms with Gasteiger partial charge in [0.2, 0.25) is 5.75 Å². The molecule has 0 saturated carbocycles. The molecule has 0 amide bonds. The molecule has 0 aromatic heterocycles. The maximum Gasteiger partial charge on any atom is 0.416 e. The molecule has 0 fully saturated rings. The standard InChI is InChI=1S/C26H20ClF3N2O6/c1-3-24(33)25(15-31,17-6-4-5-16(11-17)14-36-2)38-23-13-19(8-9-21(23)32(34)35)37-22-10-7-18(12-20(22)27)26(28,29)30/h4-13H,3,14H2,1-2H3. The van der Waals surface area contributed by atoms with Crippen LogP contribution < -0.4 is 9.47 Å². The Hall–Kier alpha value is -4.14. The monoisotopic (exact) mass is 548 g/mol. The van der Waals surface area contributed by atoms with Crippen LogP contribution in [0.3, 0.4) is 0 Å².